The van der Waals surface area contributed by atoms with E-state index in [-0.39, 0.29) is 10.6 Å². The molecule has 0 atom stereocenters. The van der Waals surface area contributed by atoms with Gasteiger partial charge in [0.05, 0.1) is 17.1 Å². The molecule has 5 nitrogen and oxygen atoms in total. The van der Waals surface area contributed by atoms with Crippen molar-refractivity contribution in [3.63, 3.8) is 0 Å². The highest BCUT2D eigenvalue weighted by Crippen LogP contribution is 2.19. The Bertz CT molecular complexity index is 698. The Kier molecular flexibility index (Phi) is 3.83. The number of halogens is 1. The highest BCUT2D eigenvalue weighted by Gasteiger charge is 2.11. The molecule has 2 rings (SSSR count). The molecule has 2 aromatic rings. The molecule has 0 unspecified atom stereocenters. The van der Waals surface area contributed by atoms with Crippen molar-refractivity contribution in [1.82, 2.24) is 4.98 Å². The lowest BCUT2D eigenvalue weighted by Crippen LogP contribution is -2.12. The molecule has 0 aliphatic carbocycles. The minimum Gasteiger partial charge on any atom is -0.376 e. The molecule has 0 aliphatic heterocycles. The van der Waals surface area contributed by atoms with Crippen LogP contribution in [0.25, 0.3) is 0 Å². The molecule has 0 saturated heterocycles. The molecular weight excluding hydrogens is 289 g/mol. The van der Waals surface area contributed by atoms with Crippen LogP contribution in [-0.2, 0) is 16.6 Å². The Labute approximate surface area is 114 Å². The molecule has 0 amide bonds. The van der Waals surface area contributed by atoms with Gasteiger partial charge in [-0.05, 0) is 25.1 Å². The van der Waals surface area contributed by atoms with Crippen molar-refractivity contribution in [1.29, 1.82) is 0 Å². The van der Waals surface area contributed by atoms with E-state index >= 15 is 0 Å². The van der Waals surface area contributed by atoms with Crippen LogP contribution in [-0.4, -0.2) is 13.4 Å². The van der Waals surface area contributed by atoms with Gasteiger partial charge in [0.15, 0.2) is 0 Å². The molecular formula is C11H12FN3O2S2. The third-order valence-corrected chi connectivity index (χ3v) is 4.24. The van der Waals surface area contributed by atoms with Gasteiger partial charge in [-0.1, -0.05) is 0 Å². The van der Waals surface area contributed by atoms with Gasteiger partial charge in [-0.25, -0.2) is 22.9 Å². The van der Waals surface area contributed by atoms with Gasteiger partial charge >= 0.3 is 0 Å². The smallest absolute Gasteiger partial charge is 0.238 e. The molecule has 0 radical (unpaired) electrons. The van der Waals surface area contributed by atoms with Gasteiger partial charge in [0.1, 0.15) is 10.8 Å². The molecule has 1 aromatic carbocycles. The number of nitrogens with zero attached hydrogens (tertiary/aromatic N) is 1. The van der Waals surface area contributed by atoms with Crippen LogP contribution >= 0.6 is 11.3 Å². The number of aromatic nitrogens is 1. The van der Waals surface area contributed by atoms with Crippen LogP contribution in [0.15, 0.2) is 28.5 Å². The summed E-state index contributed by atoms with van der Waals surface area (Å²) in [6.07, 6.45) is 0. The second-order valence-electron chi connectivity index (χ2n) is 3.92. The molecule has 102 valence electrons. The number of thiazole rings is 1. The van der Waals surface area contributed by atoms with Crippen LogP contribution < -0.4 is 10.5 Å². The number of nitrogens with two attached hydrogens (primary N) is 1. The third-order valence-electron chi connectivity index (χ3n) is 2.37. The Morgan fingerprint density at radius 1 is 1.47 bits per heavy atom. The van der Waals surface area contributed by atoms with E-state index in [0.717, 1.165) is 16.8 Å². The number of nitrogens with one attached hydrogen (secondary N) is 1. The minimum atomic E-state index is -3.88. The average Bonchev–Trinajstić information content (AvgIpc) is 2.72. The Hall–Kier alpha value is -1.51. The predicted octanol–water partition coefficient (Wildman–Crippen LogP) is 1.85. The summed E-state index contributed by atoms with van der Waals surface area (Å²) in [6.45, 7) is 2.26. The summed E-state index contributed by atoms with van der Waals surface area (Å²) >= 11 is 1.47. The molecule has 1 aromatic heterocycles. The molecule has 0 saturated carbocycles. The zero-order valence-electron chi connectivity index (χ0n) is 10.1. The zero-order chi connectivity index (χ0) is 14.0. The summed E-state index contributed by atoms with van der Waals surface area (Å²) in [7, 11) is -3.88. The summed E-state index contributed by atoms with van der Waals surface area (Å²) in [5.74, 6) is -0.667. The highest BCUT2D eigenvalue weighted by atomic mass is 32.2. The second-order valence-corrected chi connectivity index (χ2v) is 6.43. The number of primary sulfonamides is 1. The maximum Gasteiger partial charge on any atom is 0.238 e. The van der Waals surface area contributed by atoms with Gasteiger partial charge in [-0.3, -0.25) is 0 Å². The van der Waals surface area contributed by atoms with Crippen molar-refractivity contribution >= 4 is 27.0 Å². The molecule has 0 fully saturated rings. The van der Waals surface area contributed by atoms with Crippen LogP contribution in [0.3, 0.4) is 0 Å². The standard InChI is InChI=1S/C11H12FN3O2S2/c1-7-6-18-11(15-7)5-14-10-3-2-8(4-9(10)12)19(13,16)17/h2-4,6,14H,5H2,1H3,(H2,13,16,17). The number of anilines is 1. The van der Waals surface area contributed by atoms with Crippen LogP contribution in [0.4, 0.5) is 10.1 Å². The van der Waals surface area contributed by atoms with Gasteiger partial charge in [0.2, 0.25) is 10.0 Å². The Morgan fingerprint density at radius 2 is 2.21 bits per heavy atom. The largest absolute Gasteiger partial charge is 0.376 e. The van der Waals surface area contributed by atoms with Crippen LogP contribution in [0.2, 0.25) is 0 Å². The average molecular weight is 301 g/mol. The van der Waals surface area contributed by atoms with Gasteiger partial charge in [-0.15, -0.1) is 11.3 Å². The van der Waals surface area contributed by atoms with E-state index in [1.807, 2.05) is 12.3 Å². The summed E-state index contributed by atoms with van der Waals surface area (Å²) in [6, 6.07) is 3.49. The maximum absolute atomic E-state index is 13.7. The van der Waals surface area contributed by atoms with Crippen LogP contribution in [0.5, 0.6) is 0 Å². The van der Waals surface area contributed by atoms with E-state index in [1.165, 1.54) is 23.5 Å². The first-order valence-corrected chi connectivity index (χ1v) is 7.76. The zero-order valence-corrected chi connectivity index (χ0v) is 11.7. The summed E-state index contributed by atoms with van der Waals surface area (Å²) in [4.78, 5) is 3.98. The molecule has 3 N–H and O–H groups in total. The van der Waals surface area contributed by atoms with Crippen molar-refractivity contribution in [2.45, 2.75) is 18.4 Å². The van der Waals surface area contributed by atoms with Crippen molar-refractivity contribution < 1.29 is 12.8 Å². The van der Waals surface area contributed by atoms with Gasteiger partial charge in [0, 0.05) is 11.1 Å². The van der Waals surface area contributed by atoms with Crippen molar-refractivity contribution in [3.05, 3.63) is 40.1 Å². The molecule has 0 bridgehead atoms. The lowest BCUT2D eigenvalue weighted by molar-refractivity contribution is 0.593. The molecule has 1 heterocycles. The molecule has 8 heteroatoms. The number of benzene rings is 1. The van der Waals surface area contributed by atoms with E-state index in [2.05, 4.69) is 10.3 Å². The van der Waals surface area contributed by atoms with Crippen LogP contribution in [0.1, 0.15) is 10.7 Å². The van der Waals surface area contributed by atoms with Gasteiger partial charge < -0.3 is 5.32 Å². The van der Waals surface area contributed by atoms with Crippen molar-refractivity contribution in [2.24, 2.45) is 5.14 Å². The fourth-order valence-electron chi connectivity index (χ4n) is 1.47. The molecule has 19 heavy (non-hydrogen) atoms. The Morgan fingerprint density at radius 3 is 2.74 bits per heavy atom. The fourth-order valence-corrected chi connectivity index (χ4v) is 2.71. The van der Waals surface area contributed by atoms with Gasteiger partial charge in [0.25, 0.3) is 0 Å². The van der Waals surface area contributed by atoms with Crippen LogP contribution in [0, 0.1) is 12.7 Å². The van der Waals surface area contributed by atoms with E-state index < -0.39 is 15.8 Å². The first kappa shape index (κ1) is 13.9. The minimum absolute atomic E-state index is 0.209. The third kappa shape index (κ3) is 3.49. The highest BCUT2D eigenvalue weighted by molar-refractivity contribution is 7.89. The lowest BCUT2D eigenvalue weighted by Gasteiger charge is -2.07. The number of sulfonamides is 1. The fraction of sp³-hybridized carbons (Fsp3) is 0.182. The first-order chi connectivity index (χ1) is 8.86. The van der Waals surface area contributed by atoms with E-state index in [1.54, 1.807) is 0 Å². The number of rotatable bonds is 4. The topological polar surface area (TPSA) is 85.1 Å². The van der Waals surface area contributed by atoms with Crippen molar-refractivity contribution in [2.75, 3.05) is 5.32 Å². The number of aryl methyl sites for hydroxylation is 1. The summed E-state index contributed by atoms with van der Waals surface area (Å²) < 4.78 is 35.8. The van der Waals surface area contributed by atoms with E-state index in [0.29, 0.717) is 6.54 Å². The van der Waals surface area contributed by atoms with Crippen molar-refractivity contribution in [3.8, 4) is 0 Å². The lowest BCUT2D eigenvalue weighted by atomic mass is 10.3. The SMILES string of the molecule is Cc1csc(CNc2ccc(S(N)(=O)=O)cc2F)n1. The van der Waals surface area contributed by atoms with E-state index in [4.69, 9.17) is 5.14 Å². The molecule has 0 aliphatic rings. The van der Waals surface area contributed by atoms with Gasteiger partial charge in [-0.2, -0.15) is 0 Å². The normalized spacial score (nSPS) is 11.5. The summed E-state index contributed by atoms with van der Waals surface area (Å²) in [5.41, 5.74) is 1.12. The predicted molar refractivity (Wildman–Crippen MR) is 72.0 cm³/mol. The number of hydrogen-bond acceptors (Lipinski definition) is 5. The quantitative estimate of drug-likeness (QED) is 0.902. The number of hydrogen-bond donors (Lipinski definition) is 2. The second kappa shape index (κ2) is 5.24. The Balaban J connectivity index is 2.14. The summed E-state index contributed by atoms with van der Waals surface area (Å²) in [5, 5.41) is 10.5. The first-order valence-electron chi connectivity index (χ1n) is 5.33. The monoisotopic (exact) mass is 301 g/mol. The maximum atomic E-state index is 13.7. The van der Waals surface area contributed by atoms with E-state index in [9.17, 15) is 12.8 Å². The molecule has 0 spiro atoms.